The van der Waals surface area contributed by atoms with Crippen molar-refractivity contribution < 1.29 is 9.90 Å². The van der Waals surface area contributed by atoms with Crippen molar-refractivity contribution >= 4 is 39.3 Å². The van der Waals surface area contributed by atoms with Gasteiger partial charge >= 0.3 is 5.97 Å². The first-order valence-electron chi connectivity index (χ1n) is 6.75. The number of fused-ring (bicyclic) bond motifs is 1. The van der Waals surface area contributed by atoms with Gasteiger partial charge in [-0.1, -0.05) is 41.6 Å². The van der Waals surface area contributed by atoms with E-state index in [9.17, 15) is 4.79 Å². The number of aliphatic carboxylic acids is 1. The van der Waals surface area contributed by atoms with Gasteiger partial charge in [-0.2, -0.15) is 0 Å². The summed E-state index contributed by atoms with van der Waals surface area (Å²) in [4.78, 5) is 20.6. The number of carbonyl (C=O) groups is 1. The van der Waals surface area contributed by atoms with Crippen LogP contribution in [0.25, 0.3) is 21.3 Å². The molecule has 112 valence electrons. The lowest BCUT2D eigenvalue weighted by Gasteiger charge is -2.08. The predicted molar refractivity (Wildman–Crippen MR) is 90.5 cm³/mol. The number of nitrogens with zero attached hydrogens (tertiary/aromatic N) is 2. The third-order valence-electron chi connectivity index (χ3n) is 3.33. The van der Waals surface area contributed by atoms with Crippen molar-refractivity contribution in [1.82, 2.24) is 9.97 Å². The number of hydrogen-bond donors (Lipinski definition) is 1. The fourth-order valence-corrected chi connectivity index (χ4v) is 3.95. The van der Waals surface area contributed by atoms with Crippen molar-refractivity contribution in [1.29, 1.82) is 0 Å². The molecule has 4 nitrogen and oxygen atoms in total. The SMILES string of the molecule is Cc1ccc(-c2csc3ncnc(SC(C)C(=O)O)c23)cc1. The van der Waals surface area contributed by atoms with Crippen LogP contribution < -0.4 is 0 Å². The van der Waals surface area contributed by atoms with Crippen LogP contribution in [0, 0.1) is 6.92 Å². The van der Waals surface area contributed by atoms with Crippen LogP contribution in [-0.4, -0.2) is 26.3 Å². The van der Waals surface area contributed by atoms with Gasteiger partial charge in [-0.3, -0.25) is 4.79 Å². The molecule has 0 saturated carbocycles. The van der Waals surface area contributed by atoms with Crippen LogP contribution in [0.15, 0.2) is 41.0 Å². The maximum atomic E-state index is 11.1. The van der Waals surface area contributed by atoms with E-state index >= 15 is 0 Å². The molecule has 1 atom stereocenters. The highest BCUT2D eigenvalue weighted by atomic mass is 32.2. The minimum atomic E-state index is -0.844. The van der Waals surface area contributed by atoms with Crippen molar-refractivity contribution in [3.05, 3.63) is 41.5 Å². The molecule has 2 aromatic heterocycles. The number of benzene rings is 1. The zero-order valence-corrected chi connectivity index (χ0v) is 13.7. The normalized spacial score (nSPS) is 12.5. The molecule has 0 aliphatic rings. The van der Waals surface area contributed by atoms with E-state index in [0.717, 1.165) is 26.4 Å². The minimum Gasteiger partial charge on any atom is -0.480 e. The van der Waals surface area contributed by atoms with Gasteiger partial charge in [-0.05, 0) is 19.4 Å². The Kier molecular flexibility index (Phi) is 4.13. The van der Waals surface area contributed by atoms with Crippen LogP contribution >= 0.6 is 23.1 Å². The number of carboxylic acids is 1. The lowest BCUT2D eigenvalue weighted by Crippen LogP contribution is -2.11. The first kappa shape index (κ1) is 15.0. The van der Waals surface area contributed by atoms with E-state index in [1.54, 1.807) is 18.3 Å². The quantitative estimate of drug-likeness (QED) is 0.573. The van der Waals surface area contributed by atoms with Gasteiger partial charge in [0, 0.05) is 10.9 Å². The number of thiophene rings is 1. The number of aromatic nitrogens is 2. The Morgan fingerprint density at radius 2 is 2.00 bits per heavy atom. The van der Waals surface area contributed by atoms with Crippen LogP contribution in [0.4, 0.5) is 0 Å². The summed E-state index contributed by atoms with van der Waals surface area (Å²) < 4.78 is 0. The van der Waals surface area contributed by atoms with E-state index in [1.165, 1.54) is 23.7 Å². The zero-order valence-electron chi connectivity index (χ0n) is 12.1. The molecule has 0 amide bonds. The molecule has 1 aromatic carbocycles. The van der Waals surface area contributed by atoms with Gasteiger partial charge in [0.1, 0.15) is 21.4 Å². The molecule has 22 heavy (non-hydrogen) atoms. The second-order valence-electron chi connectivity index (χ2n) is 4.97. The number of aryl methyl sites for hydroxylation is 1. The average Bonchev–Trinajstić information content (AvgIpc) is 2.93. The predicted octanol–water partition coefficient (Wildman–Crippen LogP) is 4.23. The molecule has 6 heteroatoms. The molecule has 0 saturated heterocycles. The van der Waals surface area contributed by atoms with Gasteiger partial charge < -0.3 is 5.11 Å². The van der Waals surface area contributed by atoms with E-state index in [1.807, 2.05) is 0 Å². The molecule has 3 aromatic rings. The molecule has 0 fully saturated rings. The summed E-state index contributed by atoms with van der Waals surface area (Å²) in [6.07, 6.45) is 1.49. The fraction of sp³-hybridized carbons (Fsp3) is 0.188. The molecule has 0 bridgehead atoms. The largest absolute Gasteiger partial charge is 0.480 e. The summed E-state index contributed by atoms with van der Waals surface area (Å²) in [5.74, 6) is -0.844. The van der Waals surface area contributed by atoms with Crippen molar-refractivity contribution in [3.63, 3.8) is 0 Å². The summed E-state index contributed by atoms with van der Waals surface area (Å²) in [7, 11) is 0. The smallest absolute Gasteiger partial charge is 0.316 e. The summed E-state index contributed by atoms with van der Waals surface area (Å²) in [5, 5.41) is 12.3. The molecule has 0 aliphatic heterocycles. The molecule has 3 rings (SSSR count). The van der Waals surface area contributed by atoms with E-state index in [-0.39, 0.29) is 0 Å². The summed E-state index contributed by atoms with van der Waals surface area (Å²) in [5.41, 5.74) is 3.35. The second kappa shape index (κ2) is 6.06. The molecular formula is C16H14N2O2S2. The van der Waals surface area contributed by atoms with E-state index in [0.29, 0.717) is 0 Å². The van der Waals surface area contributed by atoms with E-state index < -0.39 is 11.2 Å². The summed E-state index contributed by atoms with van der Waals surface area (Å²) in [6, 6.07) is 8.27. The van der Waals surface area contributed by atoms with Crippen molar-refractivity contribution in [2.24, 2.45) is 0 Å². The molecule has 0 spiro atoms. The Bertz CT molecular complexity index is 828. The number of carboxylic acid groups (broad SMARTS) is 1. The van der Waals surface area contributed by atoms with E-state index in [4.69, 9.17) is 5.11 Å². The van der Waals surface area contributed by atoms with Crippen LogP contribution in [0.3, 0.4) is 0 Å². The topological polar surface area (TPSA) is 63.1 Å². The molecule has 0 aliphatic carbocycles. The van der Waals surface area contributed by atoms with Gasteiger partial charge in [0.15, 0.2) is 0 Å². The maximum Gasteiger partial charge on any atom is 0.316 e. The van der Waals surface area contributed by atoms with Crippen LogP contribution in [0.2, 0.25) is 0 Å². The highest BCUT2D eigenvalue weighted by molar-refractivity contribution is 8.00. The fourth-order valence-electron chi connectivity index (χ4n) is 2.10. The first-order valence-corrected chi connectivity index (χ1v) is 8.51. The van der Waals surface area contributed by atoms with Crippen LogP contribution in [0.5, 0.6) is 0 Å². The van der Waals surface area contributed by atoms with Crippen molar-refractivity contribution in [2.75, 3.05) is 0 Å². The first-order chi connectivity index (χ1) is 10.6. The third-order valence-corrected chi connectivity index (χ3v) is 5.31. The molecule has 2 heterocycles. The van der Waals surface area contributed by atoms with Crippen molar-refractivity contribution in [2.45, 2.75) is 24.1 Å². The standard InChI is InChI=1S/C16H14N2O2S2/c1-9-3-5-11(6-4-9)12-7-21-14-13(12)15(18-8-17-14)22-10(2)16(19)20/h3-8,10H,1-2H3,(H,19,20). The Hall–Kier alpha value is -1.92. The maximum absolute atomic E-state index is 11.1. The third kappa shape index (κ3) is 2.84. The van der Waals surface area contributed by atoms with Gasteiger partial charge in [-0.15, -0.1) is 11.3 Å². The minimum absolute atomic E-state index is 0.552. The van der Waals surface area contributed by atoms with Crippen LogP contribution in [0.1, 0.15) is 12.5 Å². The average molecular weight is 330 g/mol. The van der Waals surface area contributed by atoms with Crippen LogP contribution in [-0.2, 0) is 4.79 Å². The lowest BCUT2D eigenvalue weighted by atomic mass is 10.1. The zero-order chi connectivity index (χ0) is 15.7. The monoisotopic (exact) mass is 330 g/mol. The molecule has 1 N–H and O–H groups in total. The molecule has 0 radical (unpaired) electrons. The number of thioether (sulfide) groups is 1. The Morgan fingerprint density at radius 3 is 2.68 bits per heavy atom. The second-order valence-corrected chi connectivity index (χ2v) is 7.16. The highest BCUT2D eigenvalue weighted by Crippen LogP contribution is 2.38. The number of hydrogen-bond acceptors (Lipinski definition) is 5. The van der Waals surface area contributed by atoms with Gasteiger partial charge in [0.2, 0.25) is 0 Å². The molecular weight excluding hydrogens is 316 g/mol. The van der Waals surface area contributed by atoms with Gasteiger partial charge in [0.25, 0.3) is 0 Å². The van der Waals surface area contributed by atoms with Crippen molar-refractivity contribution in [3.8, 4) is 11.1 Å². The Morgan fingerprint density at radius 1 is 1.27 bits per heavy atom. The Labute approximate surface area is 136 Å². The van der Waals surface area contributed by atoms with E-state index in [2.05, 4.69) is 46.5 Å². The summed E-state index contributed by atoms with van der Waals surface area (Å²) >= 11 is 2.80. The van der Waals surface area contributed by atoms with Gasteiger partial charge in [-0.25, -0.2) is 9.97 Å². The highest BCUT2D eigenvalue weighted by Gasteiger charge is 2.18. The number of rotatable bonds is 4. The molecule has 1 unspecified atom stereocenters. The Balaban J connectivity index is 2.12. The van der Waals surface area contributed by atoms with Gasteiger partial charge in [0.05, 0.1) is 5.39 Å². The lowest BCUT2D eigenvalue weighted by molar-refractivity contribution is -0.136. The summed E-state index contributed by atoms with van der Waals surface area (Å²) in [6.45, 7) is 3.72.